The van der Waals surface area contributed by atoms with Crippen molar-refractivity contribution in [1.82, 2.24) is 4.98 Å². The number of piperidine rings is 1. The van der Waals surface area contributed by atoms with E-state index >= 15 is 0 Å². The van der Waals surface area contributed by atoms with Gasteiger partial charge in [0.15, 0.2) is 0 Å². The molecule has 2 aromatic carbocycles. The first kappa shape index (κ1) is 23.3. The number of amides is 1. The van der Waals surface area contributed by atoms with E-state index < -0.39 is 5.41 Å². The van der Waals surface area contributed by atoms with Crippen LogP contribution in [0.5, 0.6) is 0 Å². The van der Waals surface area contributed by atoms with Gasteiger partial charge in [-0.2, -0.15) is 0 Å². The van der Waals surface area contributed by atoms with Gasteiger partial charge in [0.25, 0.3) is 0 Å². The molecule has 6 heteroatoms. The van der Waals surface area contributed by atoms with E-state index in [1.165, 1.54) is 0 Å². The van der Waals surface area contributed by atoms with Gasteiger partial charge in [-0.3, -0.25) is 9.69 Å². The van der Waals surface area contributed by atoms with Crippen molar-refractivity contribution in [3.8, 4) is 0 Å². The first-order chi connectivity index (χ1) is 15.7. The summed E-state index contributed by atoms with van der Waals surface area (Å²) >= 11 is 12.6. The van der Waals surface area contributed by atoms with E-state index in [4.69, 9.17) is 28.9 Å². The molecule has 1 unspecified atom stereocenters. The number of rotatable bonds is 5. The van der Waals surface area contributed by atoms with E-state index in [1.54, 1.807) is 6.20 Å². The van der Waals surface area contributed by atoms with Crippen LogP contribution in [0.25, 0.3) is 0 Å². The molecule has 3 atom stereocenters. The van der Waals surface area contributed by atoms with Gasteiger partial charge in [0.2, 0.25) is 5.91 Å². The number of benzene rings is 2. The van der Waals surface area contributed by atoms with Crippen LogP contribution in [0.1, 0.15) is 48.4 Å². The smallest absolute Gasteiger partial charge is 0.235 e. The number of anilines is 2. The third kappa shape index (κ3) is 4.50. The Kier molecular flexibility index (Phi) is 6.51. The molecule has 1 saturated heterocycles. The number of carbonyl (C=O) groups is 1. The topological polar surface area (TPSA) is 59.2 Å². The Morgan fingerprint density at radius 2 is 1.88 bits per heavy atom. The minimum absolute atomic E-state index is 0.0148. The largest absolute Gasteiger partial charge is 0.397 e. The zero-order chi connectivity index (χ0) is 23.8. The van der Waals surface area contributed by atoms with Crippen LogP contribution in [0.2, 0.25) is 10.0 Å². The molecule has 0 saturated carbocycles. The fourth-order valence-electron chi connectivity index (χ4n) is 4.92. The van der Waals surface area contributed by atoms with Gasteiger partial charge < -0.3 is 5.73 Å². The van der Waals surface area contributed by atoms with Gasteiger partial charge in [0, 0.05) is 16.0 Å². The summed E-state index contributed by atoms with van der Waals surface area (Å²) in [6.07, 6.45) is 4.62. The first-order valence-electron chi connectivity index (χ1n) is 10.9. The number of nitrogens with zero attached hydrogens (tertiary/aromatic N) is 2. The Morgan fingerprint density at radius 3 is 2.52 bits per heavy atom. The SMILES string of the molecule is C=CC[C@@]1(C)C[C@H](c2cccc(Cl)c2)C(c2ccc(Cl)cc2)N(c2ncc(N)cc2C)C1=O. The number of hydrogen-bond acceptors (Lipinski definition) is 3. The van der Waals surface area contributed by atoms with Crippen molar-refractivity contribution in [1.29, 1.82) is 0 Å². The predicted octanol–water partition coefficient (Wildman–Crippen LogP) is 7.12. The highest BCUT2D eigenvalue weighted by Gasteiger charge is 2.50. The molecule has 170 valence electrons. The lowest BCUT2D eigenvalue weighted by atomic mass is 9.67. The number of nitrogen functional groups attached to an aromatic ring is 1. The van der Waals surface area contributed by atoms with Crippen molar-refractivity contribution in [3.05, 3.63) is 100 Å². The van der Waals surface area contributed by atoms with E-state index in [9.17, 15) is 4.79 Å². The van der Waals surface area contributed by atoms with Crippen LogP contribution in [0.4, 0.5) is 11.5 Å². The van der Waals surface area contributed by atoms with Gasteiger partial charge in [-0.05, 0) is 66.8 Å². The van der Waals surface area contributed by atoms with Gasteiger partial charge in [-0.25, -0.2) is 4.98 Å². The third-order valence-corrected chi connectivity index (χ3v) is 6.94. The zero-order valence-electron chi connectivity index (χ0n) is 18.8. The molecule has 1 aromatic heterocycles. The molecule has 1 aliphatic heterocycles. The average Bonchev–Trinajstić information content (AvgIpc) is 2.77. The van der Waals surface area contributed by atoms with Crippen molar-refractivity contribution in [3.63, 3.8) is 0 Å². The number of pyridine rings is 1. The number of allylic oxidation sites excluding steroid dienone is 1. The van der Waals surface area contributed by atoms with Gasteiger partial charge in [-0.15, -0.1) is 6.58 Å². The normalized spacial score (nSPS) is 22.9. The van der Waals surface area contributed by atoms with Crippen molar-refractivity contribution in [2.75, 3.05) is 10.6 Å². The second-order valence-corrected chi connectivity index (χ2v) is 9.87. The van der Waals surface area contributed by atoms with Crippen molar-refractivity contribution < 1.29 is 4.79 Å². The molecule has 4 nitrogen and oxygen atoms in total. The molecule has 2 N–H and O–H groups in total. The number of aromatic nitrogens is 1. The molecule has 0 bridgehead atoms. The van der Waals surface area contributed by atoms with Crippen molar-refractivity contribution in [2.45, 2.75) is 38.6 Å². The van der Waals surface area contributed by atoms with Gasteiger partial charge in [0.1, 0.15) is 5.82 Å². The summed E-state index contributed by atoms with van der Waals surface area (Å²) in [6, 6.07) is 17.1. The maximum Gasteiger partial charge on any atom is 0.235 e. The Hall–Kier alpha value is -2.82. The lowest BCUT2D eigenvalue weighted by Gasteiger charge is -2.49. The number of aryl methyl sites for hydroxylation is 1. The molecule has 1 amide bonds. The summed E-state index contributed by atoms with van der Waals surface area (Å²) in [4.78, 5) is 20.6. The molecular weight excluding hydrogens is 453 g/mol. The molecule has 0 aliphatic carbocycles. The number of halogens is 2. The molecule has 33 heavy (non-hydrogen) atoms. The summed E-state index contributed by atoms with van der Waals surface area (Å²) in [7, 11) is 0. The Balaban J connectivity index is 1.98. The first-order valence-corrected chi connectivity index (χ1v) is 11.7. The molecule has 3 aromatic rings. The van der Waals surface area contributed by atoms with Gasteiger partial charge >= 0.3 is 0 Å². The average molecular weight is 480 g/mol. The second kappa shape index (κ2) is 9.20. The maximum atomic E-state index is 14.1. The second-order valence-electron chi connectivity index (χ2n) is 9.00. The maximum absolute atomic E-state index is 14.1. The van der Waals surface area contributed by atoms with Gasteiger partial charge in [0.05, 0.1) is 23.3 Å². The fourth-order valence-corrected chi connectivity index (χ4v) is 5.24. The lowest BCUT2D eigenvalue weighted by molar-refractivity contribution is -0.131. The van der Waals surface area contributed by atoms with Crippen LogP contribution in [-0.4, -0.2) is 10.9 Å². The van der Waals surface area contributed by atoms with Gasteiger partial charge in [-0.1, -0.05) is 60.5 Å². The highest BCUT2D eigenvalue weighted by atomic mass is 35.5. The molecule has 4 rings (SSSR count). The zero-order valence-corrected chi connectivity index (χ0v) is 20.3. The summed E-state index contributed by atoms with van der Waals surface area (Å²) in [5.74, 6) is 0.600. The monoisotopic (exact) mass is 479 g/mol. The lowest BCUT2D eigenvalue weighted by Crippen LogP contribution is -2.52. The van der Waals surface area contributed by atoms with Crippen molar-refractivity contribution >= 4 is 40.6 Å². The minimum atomic E-state index is -0.646. The van der Waals surface area contributed by atoms with Crippen LogP contribution >= 0.6 is 23.2 Å². The summed E-state index contributed by atoms with van der Waals surface area (Å²) in [5.41, 5.74) is 8.79. The summed E-state index contributed by atoms with van der Waals surface area (Å²) < 4.78 is 0. The fraction of sp³-hybridized carbons (Fsp3) is 0.259. The van der Waals surface area contributed by atoms with E-state index in [0.717, 1.165) is 16.7 Å². The Bertz CT molecular complexity index is 1190. The number of hydrogen-bond donors (Lipinski definition) is 1. The molecule has 2 heterocycles. The minimum Gasteiger partial charge on any atom is -0.397 e. The van der Waals surface area contributed by atoms with Crippen LogP contribution in [-0.2, 0) is 4.79 Å². The molecule has 1 fully saturated rings. The summed E-state index contributed by atoms with van der Waals surface area (Å²) in [6.45, 7) is 7.86. The molecule has 1 aliphatic rings. The van der Waals surface area contributed by atoms with E-state index in [0.29, 0.717) is 34.4 Å². The third-order valence-electron chi connectivity index (χ3n) is 6.45. The number of nitrogens with two attached hydrogens (primary N) is 1. The summed E-state index contributed by atoms with van der Waals surface area (Å²) in [5, 5.41) is 1.31. The quantitative estimate of drug-likeness (QED) is 0.396. The number of carbonyl (C=O) groups excluding carboxylic acids is 1. The van der Waals surface area contributed by atoms with Crippen LogP contribution in [0.3, 0.4) is 0 Å². The molecule has 0 radical (unpaired) electrons. The van der Waals surface area contributed by atoms with Crippen LogP contribution in [0.15, 0.2) is 73.4 Å². The highest BCUT2D eigenvalue weighted by molar-refractivity contribution is 6.30. The standard InChI is InChI=1S/C27H27Cl2N3O/c1-4-12-27(3)15-23(19-6-5-7-21(29)14-19)24(18-8-10-20(28)11-9-18)32(26(27)33)25-17(2)13-22(30)16-31-25/h4-11,13-14,16,23-24H,1,12,15,30H2,2-3H3/t23-,24?,27+/m1/s1. The Morgan fingerprint density at radius 1 is 1.15 bits per heavy atom. The van der Waals surface area contributed by atoms with Crippen LogP contribution < -0.4 is 10.6 Å². The van der Waals surface area contributed by atoms with Crippen LogP contribution in [0, 0.1) is 12.3 Å². The molecular formula is C27H27Cl2N3O. The predicted molar refractivity (Wildman–Crippen MR) is 137 cm³/mol. The van der Waals surface area contributed by atoms with E-state index in [1.807, 2.05) is 73.4 Å². The highest BCUT2D eigenvalue weighted by Crippen LogP contribution is 2.52. The molecule has 0 spiro atoms. The van der Waals surface area contributed by atoms with E-state index in [2.05, 4.69) is 17.6 Å². The van der Waals surface area contributed by atoms with Crippen molar-refractivity contribution in [2.24, 2.45) is 5.41 Å². The van der Waals surface area contributed by atoms with E-state index in [-0.39, 0.29) is 17.9 Å². The Labute approximate surface area is 205 Å².